The lowest BCUT2D eigenvalue weighted by Crippen LogP contribution is -2.25. The number of nitrogens with two attached hydrogens (primary N) is 2. The lowest BCUT2D eigenvalue weighted by molar-refractivity contribution is 0.0936. The highest BCUT2D eigenvalue weighted by Crippen LogP contribution is 2.24. The highest BCUT2D eigenvalue weighted by molar-refractivity contribution is 5.80. The molecule has 2 aromatic heterocycles. The highest BCUT2D eigenvalue weighted by atomic mass is 16.5. The number of pyridine rings is 1. The Kier molecular flexibility index (Phi) is 8.12. The van der Waals surface area contributed by atoms with Crippen LogP contribution in [-0.2, 0) is 6.42 Å². The smallest absolute Gasteiger partial charge is 0.227 e. The minimum absolute atomic E-state index is 0.0533. The van der Waals surface area contributed by atoms with Gasteiger partial charge in [-0.3, -0.25) is 9.36 Å². The van der Waals surface area contributed by atoms with Gasteiger partial charge < -0.3 is 21.1 Å². The van der Waals surface area contributed by atoms with E-state index in [-0.39, 0.29) is 5.91 Å². The van der Waals surface area contributed by atoms with E-state index in [0.717, 1.165) is 48.4 Å². The molecular formula is C22H33N5O2. The van der Waals surface area contributed by atoms with Crippen LogP contribution >= 0.6 is 0 Å². The van der Waals surface area contributed by atoms with Crippen LogP contribution in [0, 0.1) is 6.92 Å². The molecule has 0 fully saturated rings. The van der Waals surface area contributed by atoms with E-state index in [1.54, 1.807) is 10.6 Å². The number of rotatable bonds is 10. The van der Waals surface area contributed by atoms with Crippen LogP contribution in [0.3, 0.4) is 0 Å². The normalized spacial score (nSPS) is 11.2. The van der Waals surface area contributed by atoms with Crippen LogP contribution in [0.1, 0.15) is 55.2 Å². The molecule has 0 radical (unpaired) electrons. The Bertz CT molecular complexity index is 851. The number of carbonyl (C=O) groups excluding carboxylic acids is 1. The first-order valence-electron chi connectivity index (χ1n) is 10.2. The van der Waals surface area contributed by atoms with Gasteiger partial charge >= 0.3 is 0 Å². The zero-order chi connectivity index (χ0) is 21.4. The third-order valence-electron chi connectivity index (χ3n) is 4.78. The molecule has 7 heteroatoms. The van der Waals surface area contributed by atoms with Crippen LogP contribution in [0.4, 0.5) is 11.5 Å². The number of anilines is 2. The predicted octanol–water partition coefficient (Wildman–Crippen LogP) is 3.61. The molecule has 2 heterocycles. The number of nitrogens with zero attached hydrogens (tertiary/aromatic N) is 3. The zero-order valence-corrected chi connectivity index (χ0v) is 17.9. The largest absolute Gasteiger partial charge is 0.477 e. The van der Waals surface area contributed by atoms with Gasteiger partial charge in [0, 0.05) is 50.5 Å². The van der Waals surface area contributed by atoms with Crippen molar-refractivity contribution < 1.29 is 9.53 Å². The summed E-state index contributed by atoms with van der Waals surface area (Å²) in [6, 6.07) is 3.83. The summed E-state index contributed by atoms with van der Waals surface area (Å²) in [6.07, 6.45) is 7.80. The molecule has 0 bridgehead atoms. The van der Waals surface area contributed by atoms with E-state index in [9.17, 15) is 4.79 Å². The third-order valence-corrected chi connectivity index (χ3v) is 4.78. The molecule has 0 amide bonds. The Hall–Kier alpha value is -2.96. The van der Waals surface area contributed by atoms with Gasteiger partial charge in [-0.15, -0.1) is 0 Å². The van der Waals surface area contributed by atoms with Crippen LogP contribution in [0.5, 0.6) is 5.88 Å². The molecule has 2 rings (SSSR count). The molecule has 158 valence electrons. The second-order valence-electron chi connectivity index (χ2n) is 7.09. The highest BCUT2D eigenvalue weighted by Gasteiger charge is 2.14. The number of aromatic nitrogens is 2. The Morgan fingerprint density at radius 2 is 1.97 bits per heavy atom. The molecule has 0 saturated heterocycles. The molecule has 0 aliphatic carbocycles. The lowest BCUT2D eigenvalue weighted by Gasteiger charge is -2.24. The molecule has 0 unspecified atom stereocenters. The maximum Gasteiger partial charge on any atom is 0.227 e. The Morgan fingerprint density at radius 1 is 1.28 bits per heavy atom. The number of carbonyl (C=O) groups is 1. The van der Waals surface area contributed by atoms with Crippen molar-refractivity contribution in [3.63, 3.8) is 0 Å². The van der Waals surface area contributed by atoms with E-state index in [1.807, 2.05) is 25.3 Å². The molecule has 0 aromatic carbocycles. The molecule has 0 aliphatic heterocycles. The van der Waals surface area contributed by atoms with Crippen LogP contribution < -0.4 is 21.1 Å². The van der Waals surface area contributed by atoms with Gasteiger partial charge in [-0.25, -0.2) is 0 Å². The van der Waals surface area contributed by atoms with Gasteiger partial charge in [0.25, 0.3) is 0 Å². The van der Waals surface area contributed by atoms with E-state index in [1.165, 1.54) is 13.1 Å². The average molecular weight is 400 g/mol. The molecule has 4 N–H and O–H groups in total. The van der Waals surface area contributed by atoms with Crippen molar-refractivity contribution in [3.8, 4) is 5.88 Å². The molecule has 0 atom stereocenters. The van der Waals surface area contributed by atoms with Gasteiger partial charge in [-0.2, -0.15) is 4.98 Å². The van der Waals surface area contributed by atoms with Crippen molar-refractivity contribution in [2.75, 3.05) is 30.3 Å². The van der Waals surface area contributed by atoms with E-state index >= 15 is 0 Å². The zero-order valence-electron chi connectivity index (χ0n) is 17.9. The number of ether oxygens (including phenoxy) is 1. The van der Waals surface area contributed by atoms with Crippen molar-refractivity contribution in [1.29, 1.82) is 0 Å². The summed E-state index contributed by atoms with van der Waals surface area (Å²) in [6.45, 7) is 10.2. The Balaban J connectivity index is 2.13. The van der Waals surface area contributed by atoms with Gasteiger partial charge in [0.05, 0.1) is 12.3 Å². The summed E-state index contributed by atoms with van der Waals surface area (Å²) >= 11 is 0. The first-order valence-corrected chi connectivity index (χ1v) is 10.2. The second-order valence-corrected chi connectivity index (χ2v) is 7.09. The minimum atomic E-state index is -0.0533. The van der Waals surface area contributed by atoms with Crippen LogP contribution in [0.2, 0.25) is 0 Å². The predicted molar refractivity (Wildman–Crippen MR) is 119 cm³/mol. The molecule has 0 saturated carbocycles. The van der Waals surface area contributed by atoms with Gasteiger partial charge in [0.15, 0.2) is 0 Å². The van der Waals surface area contributed by atoms with Crippen LogP contribution in [-0.4, -0.2) is 35.2 Å². The van der Waals surface area contributed by atoms with Gasteiger partial charge in [-0.05, 0) is 43.2 Å². The summed E-state index contributed by atoms with van der Waals surface area (Å²) in [5.74, 6) is 0.911. The summed E-state index contributed by atoms with van der Waals surface area (Å²) in [4.78, 5) is 18.5. The topological polar surface area (TPSA) is 99.4 Å². The molecule has 0 aliphatic rings. The first-order chi connectivity index (χ1) is 13.9. The van der Waals surface area contributed by atoms with Gasteiger partial charge in [-0.1, -0.05) is 13.8 Å². The summed E-state index contributed by atoms with van der Waals surface area (Å²) < 4.78 is 7.52. The second kappa shape index (κ2) is 10.5. The quantitative estimate of drug-likeness (QED) is 0.633. The molecule has 0 spiro atoms. The minimum Gasteiger partial charge on any atom is -0.477 e. The first kappa shape index (κ1) is 22.3. The number of nitrogen functional groups attached to an aromatic ring is 1. The standard InChI is InChI=1S/C22H33N5O2/c1-5-10-26(11-6-2)19-13-21(24)25-22(14-19)29-12-8-18-15-27(17(4)28)20(7-9-23)16(18)3/h7,9,13-15H,5-6,8,10-12,23H2,1-4H3,(H2,24,25)/b9-7-. The summed E-state index contributed by atoms with van der Waals surface area (Å²) in [5.41, 5.74) is 15.4. The van der Waals surface area contributed by atoms with E-state index in [0.29, 0.717) is 24.7 Å². The van der Waals surface area contributed by atoms with Gasteiger partial charge in [0.2, 0.25) is 11.8 Å². The van der Waals surface area contributed by atoms with E-state index in [2.05, 4.69) is 23.7 Å². The van der Waals surface area contributed by atoms with E-state index < -0.39 is 0 Å². The third kappa shape index (κ3) is 5.76. The Morgan fingerprint density at radius 3 is 2.55 bits per heavy atom. The number of hydrogen-bond donors (Lipinski definition) is 2. The van der Waals surface area contributed by atoms with Crippen LogP contribution in [0.25, 0.3) is 6.08 Å². The fourth-order valence-corrected chi connectivity index (χ4v) is 3.42. The van der Waals surface area contributed by atoms with E-state index in [4.69, 9.17) is 16.2 Å². The monoisotopic (exact) mass is 399 g/mol. The van der Waals surface area contributed by atoms with Crippen molar-refractivity contribution in [2.24, 2.45) is 5.73 Å². The molecule has 2 aromatic rings. The SMILES string of the molecule is CCCN(CCC)c1cc(N)nc(OCCc2cn(C(C)=O)c(/C=C\N)c2C)c1. The molecule has 29 heavy (non-hydrogen) atoms. The fraction of sp³-hybridized carbons (Fsp3) is 0.455. The summed E-state index contributed by atoms with van der Waals surface area (Å²) in [5, 5.41) is 0. The molecular weight excluding hydrogens is 366 g/mol. The average Bonchev–Trinajstić information content (AvgIpc) is 2.98. The molecule has 7 nitrogen and oxygen atoms in total. The fourth-order valence-electron chi connectivity index (χ4n) is 3.42. The van der Waals surface area contributed by atoms with Crippen molar-refractivity contribution >= 4 is 23.5 Å². The number of hydrogen-bond acceptors (Lipinski definition) is 6. The van der Waals surface area contributed by atoms with Crippen LogP contribution in [0.15, 0.2) is 24.5 Å². The van der Waals surface area contributed by atoms with Gasteiger partial charge in [0.1, 0.15) is 5.82 Å². The van der Waals surface area contributed by atoms with Crippen molar-refractivity contribution in [1.82, 2.24) is 9.55 Å². The van der Waals surface area contributed by atoms with Crippen molar-refractivity contribution in [3.05, 3.63) is 41.4 Å². The Labute approximate surface area is 173 Å². The maximum absolute atomic E-state index is 11.9. The van der Waals surface area contributed by atoms with Crippen molar-refractivity contribution in [2.45, 2.75) is 47.0 Å². The summed E-state index contributed by atoms with van der Waals surface area (Å²) in [7, 11) is 0. The maximum atomic E-state index is 11.9. The lowest BCUT2D eigenvalue weighted by atomic mass is 10.1.